The maximum Gasteiger partial charge on any atom is 0.332 e. The molecule has 0 spiro atoms. The van der Waals surface area contributed by atoms with Crippen molar-refractivity contribution in [1.29, 1.82) is 0 Å². The first-order valence-electron chi connectivity index (χ1n) is 5.23. The Hall–Kier alpha value is -2.12. The molecule has 1 aliphatic rings. The van der Waals surface area contributed by atoms with Crippen LogP contribution in [0, 0.1) is 0 Å². The number of hydrogen-bond acceptors (Lipinski definition) is 4. The molecule has 0 saturated carbocycles. The highest BCUT2D eigenvalue weighted by atomic mass is 16.2. The summed E-state index contributed by atoms with van der Waals surface area (Å²) in [5.74, 6) is -0.481. The third-order valence-corrected chi connectivity index (χ3v) is 2.35. The van der Waals surface area contributed by atoms with Crippen LogP contribution in [0.5, 0.6) is 0 Å². The number of hydrazone groups is 1. The predicted octanol–water partition coefficient (Wildman–Crippen LogP) is -0.591. The number of primary amides is 1. The Morgan fingerprint density at radius 2 is 2.29 bits per heavy atom. The molecule has 0 aromatic carbocycles. The van der Waals surface area contributed by atoms with Crippen LogP contribution in [0.2, 0.25) is 0 Å². The SMILES string of the molecule is CCCC[C@@]1(/C=N\NC(N)=O)NC(=O)NC1=O. The van der Waals surface area contributed by atoms with Gasteiger partial charge in [0.1, 0.15) is 0 Å². The lowest BCUT2D eigenvalue weighted by Gasteiger charge is -2.20. The molecule has 0 radical (unpaired) electrons. The molecule has 1 atom stereocenters. The maximum absolute atomic E-state index is 11.7. The Morgan fingerprint density at radius 3 is 2.76 bits per heavy atom. The smallest absolute Gasteiger partial charge is 0.332 e. The molecule has 5 amide bonds. The number of nitrogens with zero attached hydrogens (tertiary/aromatic N) is 1. The van der Waals surface area contributed by atoms with E-state index >= 15 is 0 Å². The highest BCUT2D eigenvalue weighted by Gasteiger charge is 2.44. The van der Waals surface area contributed by atoms with Gasteiger partial charge in [0.25, 0.3) is 5.91 Å². The molecule has 0 bridgehead atoms. The molecule has 1 fully saturated rings. The van der Waals surface area contributed by atoms with Gasteiger partial charge in [0.05, 0.1) is 6.21 Å². The summed E-state index contributed by atoms with van der Waals surface area (Å²) >= 11 is 0. The van der Waals surface area contributed by atoms with Crippen molar-refractivity contribution in [3.63, 3.8) is 0 Å². The minimum absolute atomic E-state index is 0.408. The van der Waals surface area contributed by atoms with E-state index in [4.69, 9.17) is 5.73 Å². The summed E-state index contributed by atoms with van der Waals surface area (Å²) in [6, 6.07) is -1.41. The summed E-state index contributed by atoms with van der Waals surface area (Å²) in [5, 5.41) is 8.15. The van der Waals surface area contributed by atoms with Crippen LogP contribution in [-0.2, 0) is 4.79 Å². The van der Waals surface area contributed by atoms with Gasteiger partial charge >= 0.3 is 12.1 Å². The number of amides is 5. The lowest BCUT2D eigenvalue weighted by atomic mass is 9.94. The summed E-state index contributed by atoms with van der Waals surface area (Å²) in [6.07, 6.45) is 3.19. The second-order valence-electron chi connectivity index (χ2n) is 3.72. The standard InChI is InChI=1S/C9H15N5O3/c1-2-3-4-9(5-11-14-7(10)16)6(15)12-8(17)13-9/h5H,2-4H2,1H3,(H3,10,14,16)(H2,12,13,15,17)/b11-5-/t9-/m0/s1. The fraction of sp³-hybridized carbons (Fsp3) is 0.556. The molecular weight excluding hydrogens is 226 g/mol. The lowest BCUT2D eigenvalue weighted by Crippen LogP contribution is -2.49. The zero-order valence-corrected chi connectivity index (χ0v) is 9.45. The number of hydrogen-bond donors (Lipinski definition) is 4. The van der Waals surface area contributed by atoms with E-state index in [0.29, 0.717) is 6.42 Å². The Balaban J connectivity index is 2.79. The molecule has 1 rings (SSSR count). The fourth-order valence-electron chi connectivity index (χ4n) is 1.50. The first-order chi connectivity index (χ1) is 8.00. The van der Waals surface area contributed by atoms with Crippen molar-refractivity contribution in [2.75, 3.05) is 0 Å². The maximum atomic E-state index is 11.7. The van der Waals surface area contributed by atoms with Crippen LogP contribution in [0.3, 0.4) is 0 Å². The van der Waals surface area contributed by atoms with Crippen molar-refractivity contribution in [2.24, 2.45) is 10.8 Å². The first-order valence-corrected chi connectivity index (χ1v) is 5.23. The average molecular weight is 241 g/mol. The minimum Gasteiger partial charge on any atom is -0.350 e. The van der Waals surface area contributed by atoms with Crippen LogP contribution in [-0.4, -0.2) is 29.7 Å². The van der Waals surface area contributed by atoms with E-state index < -0.39 is 23.5 Å². The molecule has 5 N–H and O–H groups in total. The molecule has 1 heterocycles. The molecule has 8 nitrogen and oxygen atoms in total. The second-order valence-corrected chi connectivity index (χ2v) is 3.72. The topological polar surface area (TPSA) is 126 Å². The summed E-state index contributed by atoms with van der Waals surface area (Å²) < 4.78 is 0. The highest BCUT2D eigenvalue weighted by molar-refractivity contribution is 6.16. The van der Waals surface area contributed by atoms with Crippen molar-refractivity contribution in [2.45, 2.75) is 31.7 Å². The van der Waals surface area contributed by atoms with Gasteiger partial charge in [-0.25, -0.2) is 15.0 Å². The first kappa shape index (κ1) is 12.9. The van der Waals surface area contributed by atoms with Gasteiger partial charge in [-0.3, -0.25) is 10.1 Å². The molecule has 1 saturated heterocycles. The van der Waals surface area contributed by atoms with Crippen LogP contribution in [0.15, 0.2) is 5.10 Å². The van der Waals surface area contributed by atoms with E-state index in [1.54, 1.807) is 0 Å². The van der Waals surface area contributed by atoms with Gasteiger partial charge < -0.3 is 11.1 Å². The highest BCUT2D eigenvalue weighted by Crippen LogP contribution is 2.16. The van der Waals surface area contributed by atoms with Crippen LogP contribution < -0.4 is 21.8 Å². The molecule has 1 aliphatic heterocycles. The van der Waals surface area contributed by atoms with E-state index in [9.17, 15) is 14.4 Å². The van der Waals surface area contributed by atoms with Gasteiger partial charge in [-0.1, -0.05) is 19.8 Å². The molecule has 94 valence electrons. The van der Waals surface area contributed by atoms with E-state index in [2.05, 4.69) is 15.7 Å². The van der Waals surface area contributed by atoms with Crippen molar-refractivity contribution in [3.05, 3.63) is 0 Å². The largest absolute Gasteiger partial charge is 0.350 e. The zero-order chi connectivity index (χ0) is 12.9. The molecule has 0 aromatic heterocycles. The van der Waals surface area contributed by atoms with Crippen LogP contribution in [0.25, 0.3) is 0 Å². The number of nitrogens with one attached hydrogen (secondary N) is 3. The van der Waals surface area contributed by atoms with Crippen molar-refractivity contribution >= 4 is 24.2 Å². The number of carbonyl (C=O) groups excluding carboxylic acids is 3. The van der Waals surface area contributed by atoms with E-state index in [1.807, 2.05) is 12.3 Å². The second kappa shape index (κ2) is 5.28. The monoisotopic (exact) mass is 241 g/mol. The third kappa shape index (κ3) is 3.16. The van der Waals surface area contributed by atoms with Crippen molar-refractivity contribution in [3.8, 4) is 0 Å². The molecular formula is C9H15N5O3. The summed E-state index contributed by atoms with van der Waals surface area (Å²) in [4.78, 5) is 33.2. The number of carbonyl (C=O) groups is 3. The Bertz CT molecular complexity index is 368. The summed E-state index contributed by atoms with van der Waals surface area (Å²) in [7, 11) is 0. The predicted molar refractivity (Wildman–Crippen MR) is 60.1 cm³/mol. The van der Waals surface area contributed by atoms with Gasteiger partial charge in [-0.2, -0.15) is 5.10 Å². The minimum atomic E-state index is -1.20. The summed E-state index contributed by atoms with van der Waals surface area (Å²) in [6.45, 7) is 1.96. The third-order valence-electron chi connectivity index (χ3n) is 2.35. The van der Waals surface area contributed by atoms with E-state index in [-0.39, 0.29) is 0 Å². The summed E-state index contributed by atoms with van der Waals surface area (Å²) in [5.41, 5.74) is 5.62. The van der Waals surface area contributed by atoms with Crippen LogP contribution >= 0.6 is 0 Å². The number of unbranched alkanes of at least 4 members (excludes halogenated alkanes) is 1. The van der Waals surface area contributed by atoms with Crippen LogP contribution in [0.1, 0.15) is 26.2 Å². The number of imide groups is 1. The number of urea groups is 2. The van der Waals surface area contributed by atoms with Gasteiger partial charge in [0.2, 0.25) is 0 Å². The average Bonchev–Trinajstić information content (AvgIpc) is 2.51. The normalized spacial score (nSPS) is 23.6. The van der Waals surface area contributed by atoms with Gasteiger partial charge in [-0.05, 0) is 6.42 Å². The molecule has 17 heavy (non-hydrogen) atoms. The number of rotatable bonds is 5. The van der Waals surface area contributed by atoms with Gasteiger partial charge in [-0.15, -0.1) is 0 Å². The van der Waals surface area contributed by atoms with E-state index in [0.717, 1.165) is 12.8 Å². The van der Waals surface area contributed by atoms with Gasteiger partial charge in [0.15, 0.2) is 5.54 Å². The lowest BCUT2D eigenvalue weighted by molar-refractivity contribution is -0.121. The Kier molecular flexibility index (Phi) is 4.02. The Labute approximate surface area is 98.0 Å². The number of nitrogens with two attached hydrogens (primary N) is 1. The molecule has 0 aliphatic carbocycles. The van der Waals surface area contributed by atoms with Crippen molar-refractivity contribution in [1.82, 2.24) is 16.1 Å². The quantitative estimate of drug-likeness (QED) is 0.292. The Morgan fingerprint density at radius 1 is 1.59 bits per heavy atom. The van der Waals surface area contributed by atoms with Gasteiger partial charge in [0, 0.05) is 0 Å². The van der Waals surface area contributed by atoms with E-state index in [1.165, 1.54) is 6.21 Å². The van der Waals surface area contributed by atoms with Crippen LogP contribution in [0.4, 0.5) is 9.59 Å². The molecule has 0 unspecified atom stereocenters. The molecule has 0 aromatic rings. The fourth-order valence-corrected chi connectivity index (χ4v) is 1.50. The molecule has 8 heteroatoms. The van der Waals surface area contributed by atoms with Crippen molar-refractivity contribution < 1.29 is 14.4 Å². The zero-order valence-electron chi connectivity index (χ0n) is 9.45.